The Labute approximate surface area is 63.9 Å². The van der Waals surface area contributed by atoms with Gasteiger partial charge in [-0.25, -0.2) is 4.98 Å². The highest BCUT2D eigenvalue weighted by Gasteiger charge is 1.94. The smallest absolute Gasteiger partial charge is 0.137 e. The maximum atomic E-state index is 8.76. The van der Waals surface area contributed by atoms with Crippen LogP contribution in [-0.2, 0) is 6.61 Å². The maximum absolute atomic E-state index is 8.76. The third-order valence-corrected chi connectivity index (χ3v) is 1.60. The lowest BCUT2D eigenvalue weighted by Gasteiger charge is -1.96. The first-order valence-corrected chi connectivity index (χ1v) is 3.43. The van der Waals surface area contributed by atoms with E-state index in [0.717, 1.165) is 5.65 Å². The van der Waals surface area contributed by atoms with Crippen molar-refractivity contribution < 1.29 is 5.11 Å². The van der Waals surface area contributed by atoms with Crippen molar-refractivity contribution in [3.8, 4) is 0 Å². The quantitative estimate of drug-likeness (QED) is 0.650. The molecule has 0 radical (unpaired) electrons. The first-order chi connectivity index (χ1) is 5.40. The Bertz CT molecular complexity index is 367. The third kappa shape index (κ3) is 0.991. The van der Waals surface area contributed by atoms with Gasteiger partial charge in [-0.3, -0.25) is 0 Å². The number of fused-ring (bicyclic) bond motifs is 1. The van der Waals surface area contributed by atoms with Crippen molar-refractivity contribution in [3.63, 3.8) is 0 Å². The predicted molar refractivity (Wildman–Crippen MR) is 41.1 cm³/mol. The first-order valence-electron chi connectivity index (χ1n) is 3.43. The van der Waals surface area contributed by atoms with Crippen LogP contribution in [0.3, 0.4) is 0 Å². The molecule has 0 bridgehead atoms. The average molecular weight is 148 g/mol. The molecule has 2 heterocycles. The highest BCUT2D eigenvalue weighted by atomic mass is 16.3. The number of aromatic nitrogens is 2. The second kappa shape index (κ2) is 2.36. The molecule has 2 aromatic rings. The van der Waals surface area contributed by atoms with Gasteiger partial charge in [0, 0.05) is 12.4 Å². The number of aliphatic hydroxyl groups excluding tert-OH is 1. The van der Waals surface area contributed by atoms with Crippen LogP contribution >= 0.6 is 0 Å². The molecule has 3 nitrogen and oxygen atoms in total. The lowest BCUT2D eigenvalue weighted by Crippen LogP contribution is -1.92. The van der Waals surface area contributed by atoms with E-state index in [4.69, 9.17) is 5.11 Å². The van der Waals surface area contributed by atoms with E-state index in [1.165, 1.54) is 0 Å². The van der Waals surface area contributed by atoms with Crippen molar-refractivity contribution in [3.05, 3.63) is 36.3 Å². The molecular weight excluding hydrogens is 140 g/mol. The van der Waals surface area contributed by atoms with Crippen LogP contribution in [0.1, 0.15) is 5.69 Å². The van der Waals surface area contributed by atoms with Gasteiger partial charge in [-0.15, -0.1) is 0 Å². The molecule has 0 saturated heterocycles. The van der Waals surface area contributed by atoms with Gasteiger partial charge in [0.2, 0.25) is 0 Å². The fourth-order valence-corrected chi connectivity index (χ4v) is 1.04. The van der Waals surface area contributed by atoms with Crippen molar-refractivity contribution in [1.29, 1.82) is 0 Å². The zero-order chi connectivity index (χ0) is 7.68. The van der Waals surface area contributed by atoms with Gasteiger partial charge < -0.3 is 9.51 Å². The van der Waals surface area contributed by atoms with Crippen LogP contribution < -0.4 is 0 Å². The molecule has 56 valence electrons. The molecule has 2 rings (SSSR count). The second-order valence-electron chi connectivity index (χ2n) is 2.35. The topological polar surface area (TPSA) is 37.5 Å². The molecule has 0 aliphatic carbocycles. The molecule has 0 spiro atoms. The molecule has 3 heteroatoms. The number of nitrogens with zero attached hydrogens (tertiary/aromatic N) is 2. The van der Waals surface area contributed by atoms with E-state index in [1.54, 1.807) is 6.07 Å². The summed E-state index contributed by atoms with van der Waals surface area (Å²) in [7, 11) is 0. The first kappa shape index (κ1) is 6.37. The lowest BCUT2D eigenvalue weighted by molar-refractivity contribution is 0.277. The summed E-state index contributed by atoms with van der Waals surface area (Å²) >= 11 is 0. The number of hydrogen-bond donors (Lipinski definition) is 1. The Morgan fingerprint density at radius 3 is 3.09 bits per heavy atom. The summed E-state index contributed by atoms with van der Waals surface area (Å²) in [4.78, 5) is 4.17. The fraction of sp³-hybridized carbons (Fsp3) is 0.125. The van der Waals surface area contributed by atoms with Crippen LogP contribution in [0.5, 0.6) is 0 Å². The van der Waals surface area contributed by atoms with E-state index in [9.17, 15) is 0 Å². The van der Waals surface area contributed by atoms with Gasteiger partial charge in [0.05, 0.1) is 12.3 Å². The third-order valence-electron chi connectivity index (χ3n) is 1.60. The fourth-order valence-electron chi connectivity index (χ4n) is 1.04. The van der Waals surface area contributed by atoms with E-state index in [1.807, 2.05) is 28.9 Å². The molecule has 0 aliphatic rings. The normalized spacial score (nSPS) is 10.6. The van der Waals surface area contributed by atoms with E-state index >= 15 is 0 Å². The number of hydrogen-bond acceptors (Lipinski definition) is 2. The SMILES string of the molecule is OCc1ccn2cccc2n1. The average Bonchev–Trinajstić information content (AvgIpc) is 2.50. The summed E-state index contributed by atoms with van der Waals surface area (Å²) in [5.74, 6) is 0. The van der Waals surface area contributed by atoms with E-state index in [0.29, 0.717) is 5.69 Å². The molecule has 0 unspecified atom stereocenters. The molecule has 0 aromatic carbocycles. The lowest BCUT2D eigenvalue weighted by atomic mass is 10.4. The Kier molecular flexibility index (Phi) is 1.36. The van der Waals surface area contributed by atoms with Crippen LogP contribution in [0.4, 0.5) is 0 Å². The second-order valence-corrected chi connectivity index (χ2v) is 2.35. The standard InChI is InChI=1S/C8H8N2O/c11-6-7-3-5-10-4-1-2-8(10)9-7/h1-5,11H,6H2. The summed E-state index contributed by atoms with van der Waals surface area (Å²) in [6.07, 6.45) is 3.80. The van der Waals surface area contributed by atoms with E-state index in [-0.39, 0.29) is 6.61 Å². The van der Waals surface area contributed by atoms with Crippen molar-refractivity contribution >= 4 is 5.65 Å². The van der Waals surface area contributed by atoms with Crippen LogP contribution in [0.25, 0.3) is 5.65 Å². The van der Waals surface area contributed by atoms with Gasteiger partial charge in [-0.1, -0.05) is 0 Å². The van der Waals surface area contributed by atoms with Gasteiger partial charge >= 0.3 is 0 Å². The molecule has 1 N–H and O–H groups in total. The Morgan fingerprint density at radius 1 is 1.36 bits per heavy atom. The molecule has 2 aromatic heterocycles. The molecule has 11 heavy (non-hydrogen) atoms. The maximum Gasteiger partial charge on any atom is 0.137 e. The van der Waals surface area contributed by atoms with Crippen molar-refractivity contribution in [2.45, 2.75) is 6.61 Å². The van der Waals surface area contributed by atoms with Crippen molar-refractivity contribution in [2.75, 3.05) is 0 Å². The van der Waals surface area contributed by atoms with Crippen LogP contribution in [0.15, 0.2) is 30.6 Å². The van der Waals surface area contributed by atoms with Gasteiger partial charge in [-0.2, -0.15) is 0 Å². The highest BCUT2D eigenvalue weighted by Crippen LogP contribution is 2.02. The Balaban J connectivity index is 2.67. The van der Waals surface area contributed by atoms with Gasteiger partial charge in [-0.05, 0) is 18.2 Å². The summed E-state index contributed by atoms with van der Waals surface area (Å²) in [6.45, 7) is 0.00167. The molecule has 0 atom stereocenters. The molecule has 0 amide bonds. The summed E-state index contributed by atoms with van der Waals surface area (Å²) in [6, 6.07) is 5.62. The van der Waals surface area contributed by atoms with Crippen molar-refractivity contribution in [2.24, 2.45) is 0 Å². The minimum atomic E-state index is 0.00167. The minimum absolute atomic E-state index is 0.00167. The molecule has 0 saturated carbocycles. The van der Waals surface area contributed by atoms with Crippen LogP contribution in [-0.4, -0.2) is 14.5 Å². The monoisotopic (exact) mass is 148 g/mol. The zero-order valence-corrected chi connectivity index (χ0v) is 5.94. The molecular formula is C8H8N2O. The summed E-state index contributed by atoms with van der Waals surface area (Å²) < 4.78 is 1.90. The molecule has 0 fully saturated rings. The summed E-state index contributed by atoms with van der Waals surface area (Å²) in [5.41, 5.74) is 1.58. The highest BCUT2D eigenvalue weighted by molar-refractivity contribution is 5.38. The van der Waals surface area contributed by atoms with E-state index in [2.05, 4.69) is 4.98 Å². The Morgan fingerprint density at radius 2 is 2.27 bits per heavy atom. The van der Waals surface area contributed by atoms with Gasteiger partial charge in [0.15, 0.2) is 0 Å². The van der Waals surface area contributed by atoms with E-state index < -0.39 is 0 Å². The predicted octanol–water partition coefficient (Wildman–Crippen LogP) is 0.827. The Hall–Kier alpha value is -1.35. The van der Waals surface area contributed by atoms with Crippen LogP contribution in [0.2, 0.25) is 0 Å². The van der Waals surface area contributed by atoms with Gasteiger partial charge in [0.1, 0.15) is 5.65 Å². The minimum Gasteiger partial charge on any atom is -0.390 e. The molecule has 0 aliphatic heterocycles. The number of rotatable bonds is 1. The largest absolute Gasteiger partial charge is 0.390 e. The van der Waals surface area contributed by atoms with Crippen molar-refractivity contribution in [1.82, 2.24) is 9.38 Å². The summed E-state index contributed by atoms with van der Waals surface area (Å²) in [5, 5.41) is 8.76. The van der Waals surface area contributed by atoms with Crippen LogP contribution in [0, 0.1) is 0 Å². The zero-order valence-electron chi connectivity index (χ0n) is 5.94. The van der Waals surface area contributed by atoms with Gasteiger partial charge in [0.25, 0.3) is 0 Å². The number of aliphatic hydroxyl groups is 1.